The monoisotopic (exact) mass is 258 g/mol. The number of nitrogens with one attached hydrogen (secondary N) is 3. The highest BCUT2D eigenvalue weighted by Gasteiger charge is 2.12. The molecule has 3 rings (SSSR count). The van der Waals surface area contributed by atoms with Gasteiger partial charge in [-0.25, -0.2) is 9.97 Å². The first-order chi connectivity index (χ1) is 9.42. The number of aromatic nitrogens is 3. The standard InChI is InChI=1S/C13H18N6/c1-2-11(15-3-1)9-16-12-8-13(18-10-17-12)19-6-4-14-5-7-19/h1-3,8,10,14-15H,4-7,9H2,(H,16,17,18). The highest BCUT2D eigenvalue weighted by atomic mass is 15.2. The molecular weight excluding hydrogens is 240 g/mol. The maximum Gasteiger partial charge on any atom is 0.134 e. The van der Waals surface area contributed by atoms with Crippen molar-refractivity contribution in [3.8, 4) is 0 Å². The second-order valence-electron chi connectivity index (χ2n) is 4.55. The fourth-order valence-electron chi connectivity index (χ4n) is 2.17. The summed E-state index contributed by atoms with van der Waals surface area (Å²) in [6.07, 6.45) is 3.54. The van der Waals surface area contributed by atoms with Gasteiger partial charge < -0.3 is 20.5 Å². The average Bonchev–Trinajstić information content (AvgIpc) is 3.00. The summed E-state index contributed by atoms with van der Waals surface area (Å²) in [6.45, 7) is 4.75. The van der Waals surface area contributed by atoms with Crippen molar-refractivity contribution in [1.29, 1.82) is 0 Å². The Labute approximate surface area is 112 Å². The summed E-state index contributed by atoms with van der Waals surface area (Å²) in [7, 11) is 0. The molecule has 0 radical (unpaired) electrons. The number of nitrogens with zero attached hydrogens (tertiary/aromatic N) is 3. The maximum absolute atomic E-state index is 4.35. The summed E-state index contributed by atoms with van der Waals surface area (Å²) >= 11 is 0. The second kappa shape index (κ2) is 5.71. The van der Waals surface area contributed by atoms with E-state index in [-0.39, 0.29) is 0 Å². The molecule has 1 aliphatic heterocycles. The molecule has 6 heteroatoms. The quantitative estimate of drug-likeness (QED) is 0.758. The van der Waals surface area contributed by atoms with Crippen molar-refractivity contribution in [2.45, 2.75) is 6.54 Å². The first kappa shape index (κ1) is 12.0. The molecule has 0 saturated carbocycles. The minimum Gasteiger partial charge on any atom is -0.364 e. The average molecular weight is 258 g/mol. The molecule has 1 aliphatic rings. The predicted molar refractivity (Wildman–Crippen MR) is 75.2 cm³/mol. The predicted octanol–water partition coefficient (Wildman–Crippen LogP) is 0.826. The Bertz CT molecular complexity index is 504. The lowest BCUT2D eigenvalue weighted by Crippen LogP contribution is -2.43. The van der Waals surface area contributed by atoms with Gasteiger partial charge in [0.15, 0.2) is 0 Å². The fraction of sp³-hybridized carbons (Fsp3) is 0.385. The third-order valence-corrected chi connectivity index (χ3v) is 3.22. The number of hydrogen-bond donors (Lipinski definition) is 3. The highest BCUT2D eigenvalue weighted by Crippen LogP contribution is 2.14. The molecule has 0 aromatic carbocycles. The molecule has 2 aromatic heterocycles. The van der Waals surface area contributed by atoms with Gasteiger partial charge in [-0.05, 0) is 12.1 Å². The SMILES string of the molecule is c1c[nH]c(CNc2cc(N3CCNCC3)ncn2)c1. The minimum atomic E-state index is 0.741. The van der Waals surface area contributed by atoms with Gasteiger partial charge in [0, 0.05) is 44.1 Å². The van der Waals surface area contributed by atoms with Gasteiger partial charge in [0.25, 0.3) is 0 Å². The molecule has 0 atom stereocenters. The van der Waals surface area contributed by atoms with Crippen LogP contribution in [0.4, 0.5) is 11.6 Å². The smallest absolute Gasteiger partial charge is 0.134 e. The van der Waals surface area contributed by atoms with Gasteiger partial charge in [0.05, 0.1) is 6.54 Å². The van der Waals surface area contributed by atoms with Gasteiger partial charge in [-0.1, -0.05) is 0 Å². The molecule has 0 spiro atoms. The summed E-state index contributed by atoms with van der Waals surface area (Å²) in [6, 6.07) is 6.04. The Balaban J connectivity index is 1.65. The van der Waals surface area contributed by atoms with E-state index in [1.807, 2.05) is 24.4 Å². The van der Waals surface area contributed by atoms with E-state index in [4.69, 9.17) is 0 Å². The second-order valence-corrected chi connectivity index (χ2v) is 4.55. The van der Waals surface area contributed by atoms with E-state index in [1.54, 1.807) is 6.33 Å². The molecular formula is C13H18N6. The molecule has 2 aromatic rings. The van der Waals surface area contributed by atoms with Gasteiger partial charge in [-0.3, -0.25) is 0 Å². The zero-order chi connectivity index (χ0) is 12.9. The van der Waals surface area contributed by atoms with Crippen LogP contribution in [0.25, 0.3) is 0 Å². The lowest BCUT2D eigenvalue weighted by atomic mass is 10.3. The molecule has 3 heterocycles. The van der Waals surface area contributed by atoms with Crippen molar-refractivity contribution in [1.82, 2.24) is 20.3 Å². The third kappa shape index (κ3) is 3.03. The molecule has 19 heavy (non-hydrogen) atoms. The number of hydrogen-bond acceptors (Lipinski definition) is 5. The van der Waals surface area contributed by atoms with Gasteiger partial charge >= 0.3 is 0 Å². The van der Waals surface area contributed by atoms with Crippen LogP contribution in [0, 0.1) is 0 Å². The first-order valence-corrected chi connectivity index (χ1v) is 6.56. The zero-order valence-corrected chi connectivity index (χ0v) is 10.8. The molecule has 0 bridgehead atoms. The highest BCUT2D eigenvalue weighted by molar-refractivity contribution is 5.48. The Morgan fingerprint density at radius 3 is 2.95 bits per heavy atom. The maximum atomic E-state index is 4.35. The van der Waals surface area contributed by atoms with Gasteiger partial charge in [-0.2, -0.15) is 0 Å². The Morgan fingerprint density at radius 2 is 2.16 bits per heavy atom. The van der Waals surface area contributed by atoms with Crippen LogP contribution in [0.2, 0.25) is 0 Å². The van der Waals surface area contributed by atoms with Crippen LogP contribution in [0.3, 0.4) is 0 Å². The van der Waals surface area contributed by atoms with E-state index in [9.17, 15) is 0 Å². The van der Waals surface area contributed by atoms with Crippen LogP contribution in [-0.2, 0) is 6.54 Å². The molecule has 100 valence electrons. The molecule has 0 aliphatic carbocycles. The van der Waals surface area contributed by atoms with Crippen molar-refractivity contribution in [3.05, 3.63) is 36.4 Å². The molecule has 0 amide bonds. The summed E-state index contributed by atoms with van der Waals surface area (Å²) in [5, 5.41) is 6.64. The van der Waals surface area contributed by atoms with Crippen LogP contribution in [-0.4, -0.2) is 41.1 Å². The van der Waals surface area contributed by atoms with E-state index in [1.165, 1.54) is 0 Å². The largest absolute Gasteiger partial charge is 0.364 e. The van der Waals surface area contributed by atoms with E-state index in [2.05, 4.69) is 30.5 Å². The molecule has 1 saturated heterocycles. The molecule has 3 N–H and O–H groups in total. The molecule has 0 unspecified atom stereocenters. The lowest BCUT2D eigenvalue weighted by molar-refractivity contribution is 0.584. The first-order valence-electron chi connectivity index (χ1n) is 6.56. The van der Waals surface area contributed by atoms with Crippen molar-refractivity contribution in [2.75, 3.05) is 36.4 Å². The van der Waals surface area contributed by atoms with Crippen LogP contribution in [0.1, 0.15) is 5.69 Å². The Morgan fingerprint density at radius 1 is 1.26 bits per heavy atom. The number of piperazine rings is 1. The van der Waals surface area contributed by atoms with Gasteiger partial charge in [0.2, 0.25) is 0 Å². The summed E-state index contributed by atoms with van der Waals surface area (Å²) in [5.41, 5.74) is 1.14. The van der Waals surface area contributed by atoms with Crippen LogP contribution >= 0.6 is 0 Å². The van der Waals surface area contributed by atoms with Crippen LogP contribution in [0.15, 0.2) is 30.7 Å². The topological polar surface area (TPSA) is 68.9 Å². The van der Waals surface area contributed by atoms with E-state index >= 15 is 0 Å². The summed E-state index contributed by atoms with van der Waals surface area (Å²) in [5.74, 6) is 1.85. The van der Waals surface area contributed by atoms with Crippen LogP contribution < -0.4 is 15.5 Å². The van der Waals surface area contributed by atoms with Crippen LogP contribution in [0.5, 0.6) is 0 Å². The van der Waals surface area contributed by atoms with Crippen molar-refractivity contribution in [2.24, 2.45) is 0 Å². The number of rotatable bonds is 4. The molecule has 1 fully saturated rings. The van der Waals surface area contributed by atoms with E-state index in [0.717, 1.165) is 50.1 Å². The fourth-order valence-corrected chi connectivity index (χ4v) is 2.17. The summed E-state index contributed by atoms with van der Waals surface area (Å²) < 4.78 is 0. The van der Waals surface area contributed by atoms with E-state index in [0.29, 0.717) is 0 Å². The van der Waals surface area contributed by atoms with E-state index < -0.39 is 0 Å². The van der Waals surface area contributed by atoms with Gasteiger partial charge in [-0.15, -0.1) is 0 Å². The summed E-state index contributed by atoms with van der Waals surface area (Å²) in [4.78, 5) is 14.0. The van der Waals surface area contributed by atoms with Crippen molar-refractivity contribution in [3.63, 3.8) is 0 Å². The number of H-pyrrole nitrogens is 1. The Hall–Kier alpha value is -2.08. The molecule has 6 nitrogen and oxygen atoms in total. The van der Waals surface area contributed by atoms with Gasteiger partial charge in [0.1, 0.15) is 18.0 Å². The lowest BCUT2D eigenvalue weighted by Gasteiger charge is -2.28. The zero-order valence-electron chi connectivity index (χ0n) is 10.8. The Kier molecular flexibility index (Phi) is 3.60. The minimum absolute atomic E-state index is 0.741. The normalized spacial score (nSPS) is 15.5. The third-order valence-electron chi connectivity index (χ3n) is 3.22. The number of anilines is 2. The van der Waals surface area contributed by atoms with Crippen molar-refractivity contribution >= 4 is 11.6 Å². The van der Waals surface area contributed by atoms with Crippen molar-refractivity contribution < 1.29 is 0 Å². The number of aromatic amines is 1.